The van der Waals surface area contributed by atoms with E-state index in [4.69, 9.17) is 4.98 Å². The molecule has 3 nitrogen and oxygen atoms in total. The van der Waals surface area contributed by atoms with Crippen molar-refractivity contribution in [2.75, 3.05) is 24.6 Å². The van der Waals surface area contributed by atoms with Gasteiger partial charge in [-0.3, -0.25) is 0 Å². The van der Waals surface area contributed by atoms with Crippen LogP contribution >= 0.6 is 0 Å². The van der Waals surface area contributed by atoms with E-state index < -0.39 is 0 Å². The van der Waals surface area contributed by atoms with Crippen molar-refractivity contribution in [1.82, 2.24) is 4.98 Å². The zero-order valence-corrected chi connectivity index (χ0v) is 10.6. The quantitative estimate of drug-likeness (QED) is 0.878. The Morgan fingerprint density at radius 2 is 2.22 bits per heavy atom. The van der Waals surface area contributed by atoms with Crippen LogP contribution in [0.2, 0.25) is 0 Å². The van der Waals surface area contributed by atoms with Gasteiger partial charge in [0.15, 0.2) is 0 Å². The summed E-state index contributed by atoms with van der Waals surface area (Å²) in [6.45, 7) is 4.31. The largest absolute Gasteiger partial charge is 0.396 e. The van der Waals surface area contributed by atoms with Crippen LogP contribution in [0.4, 0.5) is 5.82 Å². The van der Waals surface area contributed by atoms with Crippen LogP contribution in [0.5, 0.6) is 0 Å². The van der Waals surface area contributed by atoms with Crippen LogP contribution in [-0.2, 0) is 0 Å². The molecule has 1 N–H and O–H groups in total. The van der Waals surface area contributed by atoms with Crippen LogP contribution in [0.15, 0.2) is 30.3 Å². The molecule has 0 saturated carbocycles. The SMILES string of the molecule is Cc1cc2ccccc2nc1N1CCC(CO)C1. The minimum absolute atomic E-state index is 0.281. The average molecular weight is 242 g/mol. The Kier molecular flexibility index (Phi) is 2.92. The average Bonchev–Trinajstić information content (AvgIpc) is 2.86. The van der Waals surface area contributed by atoms with Gasteiger partial charge in [-0.2, -0.15) is 0 Å². The predicted octanol–water partition coefficient (Wildman–Crippen LogP) is 2.36. The zero-order valence-electron chi connectivity index (χ0n) is 10.6. The molecule has 0 amide bonds. The van der Waals surface area contributed by atoms with Gasteiger partial charge in [-0.05, 0) is 31.0 Å². The van der Waals surface area contributed by atoms with Crippen molar-refractivity contribution in [1.29, 1.82) is 0 Å². The molecular weight excluding hydrogens is 224 g/mol. The van der Waals surface area contributed by atoms with Gasteiger partial charge in [0, 0.05) is 31.0 Å². The Morgan fingerprint density at radius 3 is 3.00 bits per heavy atom. The van der Waals surface area contributed by atoms with E-state index in [1.165, 1.54) is 10.9 Å². The summed E-state index contributed by atoms with van der Waals surface area (Å²) in [6.07, 6.45) is 1.06. The summed E-state index contributed by atoms with van der Waals surface area (Å²) in [5.74, 6) is 1.47. The molecular formula is C15H18N2O. The van der Waals surface area contributed by atoms with Crippen LogP contribution in [0.25, 0.3) is 10.9 Å². The maximum absolute atomic E-state index is 9.22. The van der Waals surface area contributed by atoms with Crippen molar-refractivity contribution in [3.05, 3.63) is 35.9 Å². The zero-order chi connectivity index (χ0) is 12.5. The van der Waals surface area contributed by atoms with Crippen LogP contribution in [0, 0.1) is 12.8 Å². The van der Waals surface area contributed by atoms with E-state index in [0.717, 1.165) is 30.8 Å². The molecule has 1 unspecified atom stereocenters. The molecule has 1 aromatic carbocycles. The van der Waals surface area contributed by atoms with E-state index >= 15 is 0 Å². The summed E-state index contributed by atoms with van der Waals surface area (Å²) in [7, 11) is 0. The topological polar surface area (TPSA) is 36.4 Å². The maximum atomic E-state index is 9.22. The van der Waals surface area contributed by atoms with Crippen molar-refractivity contribution in [2.24, 2.45) is 5.92 Å². The van der Waals surface area contributed by atoms with Gasteiger partial charge in [-0.15, -0.1) is 0 Å². The van der Waals surface area contributed by atoms with E-state index in [1.807, 2.05) is 12.1 Å². The second kappa shape index (κ2) is 4.58. The van der Waals surface area contributed by atoms with Crippen molar-refractivity contribution < 1.29 is 5.11 Å². The number of fused-ring (bicyclic) bond motifs is 1. The molecule has 1 aliphatic heterocycles. The number of anilines is 1. The van der Waals surface area contributed by atoms with Crippen molar-refractivity contribution in [2.45, 2.75) is 13.3 Å². The maximum Gasteiger partial charge on any atom is 0.132 e. The fraction of sp³-hybridized carbons (Fsp3) is 0.400. The first-order valence-corrected chi connectivity index (χ1v) is 6.50. The number of pyridine rings is 1. The molecule has 2 aromatic rings. The first kappa shape index (κ1) is 11.5. The minimum atomic E-state index is 0.281. The highest BCUT2D eigenvalue weighted by atomic mass is 16.3. The molecule has 1 atom stereocenters. The molecule has 1 fully saturated rings. The summed E-state index contributed by atoms with van der Waals surface area (Å²) >= 11 is 0. The lowest BCUT2D eigenvalue weighted by Crippen LogP contribution is -2.22. The number of para-hydroxylation sites is 1. The normalized spacial score (nSPS) is 19.7. The van der Waals surface area contributed by atoms with Gasteiger partial charge in [0.2, 0.25) is 0 Å². The summed E-state index contributed by atoms with van der Waals surface area (Å²) < 4.78 is 0. The van der Waals surface area contributed by atoms with Crippen LogP contribution in [-0.4, -0.2) is 29.8 Å². The molecule has 94 valence electrons. The molecule has 1 aliphatic rings. The molecule has 0 aliphatic carbocycles. The summed E-state index contributed by atoms with van der Waals surface area (Å²) in [6, 6.07) is 10.4. The molecule has 2 heterocycles. The number of aliphatic hydroxyl groups excluding tert-OH is 1. The van der Waals surface area contributed by atoms with E-state index in [9.17, 15) is 5.11 Å². The van der Waals surface area contributed by atoms with Gasteiger partial charge in [-0.1, -0.05) is 18.2 Å². The standard InChI is InChI=1S/C15H18N2O/c1-11-8-13-4-2-3-5-14(13)16-15(11)17-7-6-12(9-17)10-18/h2-5,8,12,18H,6-7,9-10H2,1H3. The van der Waals surface area contributed by atoms with Crippen LogP contribution in [0.1, 0.15) is 12.0 Å². The number of aryl methyl sites for hydroxylation is 1. The highest BCUT2D eigenvalue weighted by Gasteiger charge is 2.23. The lowest BCUT2D eigenvalue weighted by Gasteiger charge is -2.20. The van der Waals surface area contributed by atoms with Gasteiger partial charge >= 0.3 is 0 Å². The monoisotopic (exact) mass is 242 g/mol. The molecule has 1 saturated heterocycles. The molecule has 0 radical (unpaired) electrons. The van der Waals surface area contributed by atoms with Crippen LogP contribution < -0.4 is 4.90 Å². The third-order valence-corrected chi connectivity index (χ3v) is 3.73. The number of benzene rings is 1. The molecule has 3 heteroatoms. The first-order chi connectivity index (χ1) is 8.78. The van der Waals surface area contributed by atoms with Crippen molar-refractivity contribution in [3.8, 4) is 0 Å². The summed E-state index contributed by atoms with van der Waals surface area (Å²) in [5, 5.41) is 10.4. The second-order valence-corrected chi connectivity index (χ2v) is 5.10. The van der Waals surface area contributed by atoms with Gasteiger partial charge < -0.3 is 10.0 Å². The van der Waals surface area contributed by atoms with Crippen molar-refractivity contribution in [3.63, 3.8) is 0 Å². The highest BCUT2D eigenvalue weighted by Crippen LogP contribution is 2.27. The summed E-state index contributed by atoms with van der Waals surface area (Å²) in [5.41, 5.74) is 2.26. The highest BCUT2D eigenvalue weighted by molar-refractivity contribution is 5.81. The van der Waals surface area contributed by atoms with E-state index in [-0.39, 0.29) is 6.61 Å². The number of aromatic nitrogens is 1. The predicted molar refractivity (Wildman–Crippen MR) is 73.9 cm³/mol. The fourth-order valence-corrected chi connectivity index (χ4v) is 2.71. The van der Waals surface area contributed by atoms with E-state index in [0.29, 0.717) is 5.92 Å². The van der Waals surface area contributed by atoms with Crippen molar-refractivity contribution >= 4 is 16.7 Å². The summed E-state index contributed by atoms with van der Waals surface area (Å²) in [4.78, 5) is 7.06. The Hall–Kier alpha value is -1.61. The van der Waals surface area contributed by atoms with Gasteiger partial charge in [0.1, 0.15) is 5.82 Å². The van der Waals surface area contributed by atoms with E-state index in [1.54, 1.807) is 0 Å². The number of nitrogens with zero attached hydrogens (tertiary/aromatic N) is 2. The number of aliphatic hydroxyl groups is 1. The Balaban J connectivity index is 1.99. The molecule has 1 aromatic heterocycles. The lowest BCUT2D eigenvalue weighted by atomic mass is 10.1. The van der Waals surface area contributed by atoms with E-state index in [2.05, 4.69) is 30.0 Å². The third-order valence-electron chi connectivity index (χ3n) is 3.73. The number of rotatable bonds is 2. The number of hydrogen-bond acceptors (Lipinski definition) is 3. The van der Waals surface area contributed by atoms with Crippen LogP contribution in [0.3, 0.4) is 0 Å². The third kappa shape index (κ3) is 1.95. The second-order valence-electron chi connectivity index (χ2n) is 5.10. The number of hydrogen-bond donors (Lipinski definition) is 1. The molecule has 0 spiro atoms. The molecule has 18 heavy (non-hydrogen) atoms. The van der Waals surface area contributed by atoms with Gasteiger partial charge in [0.25, 0.3) is 0 Å². The molecule has 3 rings (SSSR count). The molecule has 0 bridgehead atoms. The fourth-order valence-electron chi connectivity index (χ4n) is 2.71. The Labute approximate surface area is 107 Å². The minimum Gasteiger partial charge on any atom is -0.396 e. The first-order valence-electron chi connectivity index (χ1n) is 6.50. The Morgan fingerprint density at radius 1 is 1.39 bits per heavy atom. The smallest absolute Gasteiger partial charge is 0.132 e. The lowest BCUT2D eigenvalue weighted by molar-refractivity contribution is 0.238. The van der Waals surface area contributed by atoms with Gasteiger partial charge in [0.05, 0.1) is 5.52 Å². The van der Waals surface area contributed by atoms with Gasteiger partial charge in [-0.25, -0.2) is 4.98 Å². The Bertz CT molecular complexity index is 567.